The van der Waals surface area contributed by atoms with Gasteiger partial charge in [-0.15, -0.1) is 0 Å². The highest BCUT2D eigenvalue weighted by Gasteiger charge is 2.40. The van der Waals surface area contributed by atoms with E-state index in [9.17, 15) is 24.6 Å². The summed E-state index contributed by atoms with van der Waals surface area (Å²) < 4.78 is 20.3. The van der Waals surface area contributed by atoms with Gasteiger partial charge in [0.05, 0.1) is 29.9 Å². The van der Waals surface area contributed by atoms with Crippen molar-refractivity contribution < 1.29 is 28.6 Å². The molecule has 2 aromatic heterocycles. The minimum atomic E-state index is -2.30. The fourth-order valence-electron chi connectivity index (χ4n) is 8.51. The maximum absolute atomic E-state index is 13.3. The lowest BCUT2D eigenvalue weighted by atomic mass is 9.89. The summed E-state index contributed by atoms with van der Waals surface area (Å²) in [6, 6.07) is 26.2. The Morgan fingerprint density at radius 3 is 2.44 bits per heavy atom. The monoisotopic (exact) mass is 875 g/mol. The molecule has 1 fully saturated rings. The third-order valence-electron chi connectivity index (χ3n) is 13.0. The van der Waals surface area contributed by atoms with Crippen molar-refractivity contribution in [2.75, 3.05) is 18.6 Å². The molecule has 1 aliphatic carbocycles. The first-order valence-electron chi connectivity index (χ1n) is 21.9. The summed E-state index contributed by atoms with van der Waals surface area (Å²) in [6.45, 7) is 12.2. The van der Waals surface area contributed by atoms with Crippen LogP contribution in [0.1, 0.15) is 82.1 Å². The van der Waals surface area contributed by atoms with E-state index in [1.54, 1.807) is 28.7 Å². The van der Waals surface area contributed by atoms with E-state index in [1.807, 2.05) is 60.7 Å². The van der Waals surface area contributed by atoms with Crippen molar-refractivity contribution in [3.8, 4) is 22.6 Å². The zero-order chi connectivity index (χ0) is 45.1. The van der Waals surface area contributed by atoms with E-state index < -0.39 is 26.3 Å². The van der Waals surface area contributed by atoms with Crippen LogP contribution in [0.4, 0.5) is 10.5 Å². The number of fused-ring (bicyclic) bond motifs is 2. The molecular formula is C49H61N5O8Si. The lowest BCUT2D eigenvalue weighted by Crippen LogP contribution is -2.44. The van der Waals surface area contributed by atoms with Crippen LogP contribution in [-0.4, -0.2) is 59.9 Å². The van der Waals surface area contributed by atoms with Crippen LogP contribution in [0.2, 0.25) is 18.1 Å². The Hall–Kier alpha value is -5.67. The van der Waals surface area contributed by atoms with Crippen LogP contribution >= 0.6 is 0 Å². The van der Waals surface area contributed by atoms with Gasteiger partial charge in [-0.25, -0.2) is 9.59 Å². The number of carboxylic acid groups (broad SMARTS) is 1. The van der Waals surface area contributed by atoms with E-state index in [4.69, 9.17) is 19.3 Å². The molecule has 6 aromatic rings. The van der Waals surface area contributed by atoms with Crippen molar-refractivity contribution in [2.45, 2.75) is 115 Å². The van der Waals surface area contributed by atoms with Gasteiger partial charge >= 0.3 is 11.8 Å². The number of amides is 1. The van der Waals surface area contributed by atoms with Gasteiger partial charge in [0.1, 0.15) is 11.5 Å². The molecule has 0 radical (unpaired) electrons. The van der Waals surface area contributed by atoms with Crippen LogP contribution in [0, 0.1) is 0 Å². The minimum absolute atomic E-state index is 0.00924. The van der Waals surface area contributed by atoms with E-state index in [0.29, 0.717) is 65.9 Å². The second kappa shape index (κ2) is 19.0. The standard InChI is InChI=1S/C49H61N5O8Si/c1-49(2,3)63(5,6)62-44(37-21-23-41(55)46-38(37)22-24-45(56)52-46)30-51-29-33-27-43-40(28-42(33)60-4)53(48(59)61-43)25-11-10-12-31-15-20-36(32-13-8-7-9-14-32)39(26-31)54(47(57)58)35-18-16-34(50)17-19-35/h7-9,13-15,20-24,26-28,34-35,44,51,55H,10-12,16-19,25,29-30,50H2,1-6H3,(H,52,56)(H,57,58)/t34-,35-,44-/m0/s1. The van der Waals surface area contributed by atoms with Gasteiger partial charge in [-0.2, -0.15) is 0 Å². The number of nitrogens with two attached hydrogens (primary N) is 1. The molecule has 0 aliphatic heterocycles. The number of methoxy groups -OCH3 is 1. The second-order valence-corrected chi connectivity index (χ2v) is 23.1. The molecule has 14 heteroatoms. The average molecular weight is 876 g/mol. The summed E-state index contributed by atoms with van der Waals surface area (Å²) in [6.07, 6.45) is 3.80. The van der Waals surface area contributed by atoms with Crippen LogP contribution < -0.4 is 32.0 Å². The van der Waals surface area contributed by atoms with E-state index in [-0.39, 0.29) is 28.4 Å². The molecule has 334 valence electrons. The first-order valence-corrected chi connectivity index (χ1v) is 24.8. The van der Waals surface area contributed by atoms with Gasteiger partial charge in [-0.05, 0) is 104 Å². The number of benzene rings is 4. The summed E-state index contributed by atoms with van der Waals surface area (Å²) in [5, 5.41) is 25.3. The Balaban J connectivity index is 1.06. The molecule has 13 nitrogen and oxygen atoms in total. The third-order valence-corrected chi connectivity index (χ3v) is 17.5. The van der Waals surface area contributed by atoms with Crippen molar-refractivity contribution in [3.05, 3.63) is 123 Å². The molecule has 1 aliphatic rings. The Bertz CT molecular complexity index is 2680. The number of nitrogens with one attached hydrogen (secondary N) is 2. The zero-order valence-electron chi connectivity index (χ0n) is 37.2. The van der Waals surface area contributed by atoms with E-state index in [2.05, 4.69) is 50.2 Å². The van der Waals surface area contributed by atoms with E-state index in [0.717, 1.165) is 59.9 Å². The smallest absolute Gasteiger partial charge is 0.419 e. The van der Waals surface area contributed by atoms with Crippen molar-refractivity contribution >= 4 is 42.1 Å². The number of aromatic hydroxyl groups is 1. The number of carbonyl (C=O) groups is 1. The Kier molecular flexibility index (Phi) is 13.7. The third kappa shape index (κ3) is 10.1. The van der Waals surface area contributed by atoms with Gasteiger partial charge in [0.15, 0.2) is 13.9 Å². The SMILES string of the molecule is COc1cc2c(cc1CNC[C@H](O[Si](C)(C)C(C)(C)C)c1ccc(O)c3[nH]c(=O)ccc13)oc(=O)n2CCCCc1ccc(-c2ccccc2)c(N(C(=O)O)[C@H]2CC[C@H](N)CC2)c1. The second-order valence-electron chi connectivity index (χ2n) is 18.3. The van der Waals surface area contributed by atoms with Crippen LogP contribution in [0.25, 0.3) is 33.1 Å². The number of ether oxygens (including phenoxy) is 1. The summed E-state index contributed by atoms with van der Waals surface area (Å²) >= 11 is 0. The number of oxazole rings is 1. The number of aromatic amines is 1. The number of hydrogen-bond donors (Lipinski definition) is 5. The number of rotatable bonds is 16. The number of anilines is 1. The summed E-state index contributed by atoms with van der Waals surface area (Å²) in [7, 11) is -0.694. The van der Waals surface area contributed by atoms with Crippen molar-refractivity contribution in [3.63, 3.8) is 0 Å². The van der Waals surface area contributed by atoms with Gasteiger partial charge in [0.2, 0.25) is 5.56 Å². The molecule has 2 heterocycles. The highest BCUT2D eigenvalue weighted by Crippen LogP contribution is 2.42. The number of phenolic OH excluding ortho intramolecular Hbond substituents is 1. The number of H-pyrrole nitrogens is 1. The molecule has 0 saturated heterocycles. The topological polar surface area (TPSA) is 185 Å². The Morgan fingerprint density at radius 2 is 1.75 bits per heavy atom. The number of aryl methyl sites for hydroxylation is 2. The van der Waals surface area contributed by atoms with Crippen molar-refractivity contribution in [1.29, 1.82) is 0 Å². The van der Waals surface area contributed by atoms with Gasteiger partial charge in [-0.1, -0.05) is 69.3 Å². The predicted octanol–water partition coefficient (Wildman–Crippen LogP) is 9.45. The number of phenols is 1. The molecular weight excluding hydrogens is 815 g/mol. The van der Waals surface area contributed by atoms with Crippen LogP contribution in [-0.2, 0) is 23.9 Å². The van der Waals surface area contributed by atoms with Crippen LogP contribution in [0.15, 0.2) is 98.9 Å². The van der Waals surface area contributed by atoms with E-state index >= 15 is 0 Å². The predicted molar refractivity (Wildman–Crippen MR) is 252 cm³/mol. The van der Waals surface area contributed by atoms with E-state index in [1.165, 1.54) is 6.07 Å². The summed E-state index contributed by atoms with van der Waals surface area (Å²) in [5.41, 5.74) is 12.6. The highest BCUT2D eigenvalue weighted by atomic mass is 28.4. The maximum Gasteiger partial charge on any atom is 0.419 e. The van der Waals surface area contributed by atoms with Gasteiger partial charge < -0.3 is 39.8 Å². The molecule has 7 rings (SSSR count). The number of aromatic nitrogens is 2. The summed E-state index contributed by atoms with van der Waals surface area (Å²) in [4.78, 5) is 42.6. The highest BCUT2D eigenvalue weighted by molar-refractivity contribution is 6.74. The molecule has 0 bridgehead atoms. The fraction of sp³-hybridized carbons (Fsp3) is 0.408. The Morgan fingerprint density at radius 1 is 1.00 bits per heavy atom. The number of hydrogen-bond acceptors (Lipinski definition) is 9. The lowest BCUT2D eigenvalue weighted by molar-refractivity contribution is 0.181. The number of pyridine rings is 1. The Labute approximate surface area is 369 Å². The first kappa shape index (κ1) is 45.4. The van der Waals surface area contributed by atoms with Gasteiger partial charge in [-0.3, -0.25) is 14.3 Å². The maximum atomic E-state index is 13.3. The molecule has 1 amide bonds. The molecule has 0 spiro atoms. The normalized spacial score (nSPS) is 16.4. The zero-order valence-corrected chi connectivity index (χ0v) is 38.2. The van der Waals surface area contributed by atoms with Crippen molar-refractivity contribution in [1.82, 2.24) is 14.9 Å². The first-order chi connectivity index (χ1) is 30.0. The molecule has 0 unspecified atom stereocenters. The lowest BCUT2D eigenvalue weighted by Gasteiger charge is -2.39. The van der Waals surface area contributed by atoms with Gasteiger partial charge in [0, 0.05) is 60.4 Å². The molecule has 1 saturated carbocycles. The molecule has 1 atom stereocenters. The number of nitrogens with zero attached hydrogens (tertiary/aromatic N) is 2. The van der Waals surface area contributed by atoms with Crippen LogP contribution in [0.3, 0.4) is 0 Å². The number of unbranched alkanes of at least 4 members (excludes halogenated alkanes) is 1. The fourth-order valence-corrected chi connectivity index (χ4v) is 9.78. The molecule has 6 N–H and O–H groups in total. The van der Waals surface area contributed by atoms with Crippen molar-refractivity contribution in [2.24, 2.45) is 5.73 Å². The quantitative estimate of drug-likeness (QED) is 0.0464. The molecule has 4 aromatic carbocycles. The average Bonchev–Trinajstić information content (AvgIpc) is 3.55. The van der Waals surface area contributed by atoms with Gasteiger partial charge in [0.25, 0.3) is 0 Å². The summed E-state index contributed by atoms with van der Waals surface area (Å²) in [5.74, 6) is 0.147. The van der Waals surface area contributed by atoms with Crippen LogP contribution in [0.5, 0.6) is 11.5 Å². The largest absolute Gasteiger partial charge is 0.506 e. The molecule has 63 heavy (non-hydrogen) atoms. The minimum Gasteiger partial charge on any atom is -0.506 e.